The molecule has 5 rings (SSSR count). The second-order valence-corrected chi connectivity index (χ2v) is 9.09. The second kappa shape index (κ2) is 9.95. The summed E-state index contributed by atoms with van der Waals surface area (Å²) in [6, 6.07) is 10.5. The molecule has 8 nitrogen and oxygen atoms in total. The summed E-state index contributed by atoms with van der Waals surface area (Å²) in [4.78, 5) is 35.4. The molecule has 9 heteroatoms. The molecular formula is C26H28FN5O3. The summed E-state index contributed by atoms with van der Waals surface area (Å²) >= 11 is 0. The van der Waals surface area contributed by atoms with Gasteiger partial charge in [0.15, 0.2) is 5.82 Å². The van der Waals surface area contributed by atoms with E-state index in [0.29, 0.717) is 25.6 Å². The minimum atomic E-state index is -0.529. The highest BCUT2D eigenvalue weighted by molar-refractivity contribution is 5.92. The van der Waals surface area contributed by atoms with E-state index in [9.17, 15) is 14.0 Å². The van der Waals surface area contributed by atoms with E-state index in [1.807, 2.05) is 29.2 Å². The maximum Gasteiger partial charge on any atom is 0.255 e. The molecule has 3 aromatic rings. The number of aromatic nitrogens is 3. The molecule has 2 aromatic heterocycles. The lowest BCUT2D eigenvalue weighted by Crippen LogP contribution is -2.41. The Morgan fingerprint density at radius 2 is 1.94 bits per heavy atom. The minimum absolute atomic E-state index is 0.0906. The SMILES string of the molecule is Cn1c(N2CCO[C@@H](c3ccc(NC(=O)C4CCCC4)cc3)C2)nc(-c2ccncc2F)cc1=O. The van der Waals surface area contributed by atoms with Crippen molar-refractivity contribution in [1.82, 2.24) is 14.5 Å². The number of nitrogens with one attached hydrogen (secondary N) is 1. The summed E-state index contributed by atoms with van der Waals surface area (Å²) in [5.41, 5.74) is 1.98. The summed E-state index contributed by atoms with van der Waals surface area (Å²) < 4.78 is 21.8. The van der Waals surface area contributed by atoms with Gasteiger partial charge < -0.3 is 15.0 Å². The smallest absolute Gasteiger partial charge is 0.255 e. The molecule has 1 aliphatic carbocycles. The Kier molecular flexibility index (Phi) is 6.59. The van der Waals surface area contributed by atoms with E-state index in [1.54, 1.807) is 7.05 Å². The van der Waals surface area contributed by atoms with Crippen LogP contribution in [0.4, 0.5) is 16.0 Å². The molecule has 2 fully saturated rings. The number of hydrogen-bond acceptors (Lipinski definition) is 6. The molecule has 1 atom stereocenters. The summed E-state index contributed by atoms with van der Waals surface area (Å²) in [5, 5.41) is 3.02. The molecular weight excluding hydrogens is 449 g/mol. The van der Waals surface area contributed by atoms with E-state index in [0.717, 1.165) is 43.1 Å². The monoisotopic (exact) mass is 477 g/mol. The lowest BCUT2D eigenvalue weighted by Gasteiger charge is -2.34. The number of halogens is 1. The maximum atomic E-state index is 14.3. The van der Waals surface area contributed by atoms with Gasteiger partial charge in [-0.1, -0.05) is 25.0 Å². The van der Waals surface area contributed by atoms with Gasteiger partial charge in [-0.2, -0.15) is 0 Å². The van der Waals surface area contributed by atoms with Gasteiger partial charge in [-0.3, -0.25) is 19.1 Å². The summed E-state index contributed by atoms with van der Waals surface area (Å²) in [6.45, 7) is 1.49. The number of pyridine rings is 1. The fraction of sp³-hybridized carbons (Fsp3) is 0.385. The van der Waals surface area contributed by atoms with E-state index in [4.69, 9.17) is 4.74 Å². The molecule has 0 bridgehead atoms. The third-order valence-corrected chi connectivity index (χ3v) is 6.78. The Morgan fingerprint density at radius 3 is 2.69 bits per heavy atom. The molecule has 182 valence electrons. The molecule has 1 saturated heterocycles. The van der Waals surface area contributed by atoms with Crippen molar-refractivity contribution < 1.29 is 13.9 Å². The molecule has 1 aliphatic heterocycles. The molecule has 35 heavy (non-hydrogen) atoms. The number of carbonyl (C=O) groups excluding carboxylic acids is 1. The average molecular weight is 478 g/mol. The molecule has 1 saturated carbocycles. The second-order valence-electron chi connectivity index (χ2n) is 9.09. The van der Waals surface area contributed by atoms with Crippen LogP contribution >= 0.6 is 0 Å². The first-order chi connectivity index (χ1) is 17.0. The number of anilines is 2. The van der Waals surface area contributed by atoms with E-state index >= 15 is 0 Å². The molecule has 1 aromatic carbocycles. The van der Waals surface area contributed by atoms with Crippen molar-refractivity contribution in [3.63, 3.8) is 0 Å². The van der Waals surface area contributed by atoms with Gasteiger partial charge in [-0.05, 0) is 36.6 Å². The molecule has 3 heterocycles. The van der Waals surface area contributed by atoms with Gasteiger partial charge in [0.1, 0.15) is 6.10 Å². The Morgan fingerprint density at radius 1 is 1.17 bits per heavy atom. The van der Waals surface area contributed by atoms with Crippen LogP contribution in [0.15, 0.2) is 53.6 Å². The first kappa shape index (κ1) is 23.2. The summed E-state index contributed by atoms with van der Waals surface area (Å²) in [7, 11) is 1.66. The molecule has 1 amide bonds. The molecule has 1 N–H and O–H groups in total. The largest absolute Gasteiger partial charge is 0.370 e. The van der Waals surface area contributed by atoms with E-state index in [2.05, 4.69) is 15.3 Å². The lowest BCUT2D eigenvalue weighted by molar-refractivity contribution is -0.119. The summed E-state index contributed by atoms with van der Waals surface area (Å²) in [5.74, 6) is 0.130. The van der Waals surface area contributed by atoms with E-state index in [1.165, 1.54) is 22.9 Å². The van der Waals surface area contributed by atoms with Crippen LogP contribution in [0, 0.1) is 11.7 Å². The highest BCUT2D eigenvalue weighted by atomic mass is 19.1. The van der Waals surface area contributed by atoms with Gasteiger partial charge in [0, 0.05) is 43.0 Å². The number of benzene rings is 1. The van der Waals surface area contributed by atoms with Gasteiger partial charge in [-0.15, -0.1) is 0 Å². The lowest BCUT2D eigenvalue weighted by atomic mass is 10.1. The zero-order valence-corrected chi connectivity index (χ0v) is 19.6. The Balaban J connectivity index is 1.33. The quantitative estimate of drug-likeness (QED) is 0.603. The molecule has 0 radical (unpaired) electrons. The van der Waals surface area contributed by atoms with Crippen molar-refractivity contribution in [2.45, 2.75) is 31.8 Å². The van der Waals surface area contributed by atoms with Crippen molar-refractivity contribution in [3.8, 4) is 11.3 Å². The van der Waals surface area contributed by atoms with Crippen molar-refractivity contribution >= 4 is 17.5 Å². The summed E-state index contributed by atoms with van der Waals surface area (Å²) in [6.07, 6.45) is 6.51. The fourth-order valence-electron chi connectivity index (χ4n) is 4.78. The van der Waals surface area contributed by atoms with E-state index in [-0.39, 0.29) is 34.7 Å². The molecule has 0 spiro atoms. The number of ether oxygens (including phenoxy) is 1. The highest BCUT2D eigenvalue weighted by Crippen LogP contribution is 2.29. The van der Waals surface area contributed by atoms with Crippen LogP contribution in [-0.4, -0.2) is 40.1 Å². The third-order valence-electron chi connectivity index (χ3n) is 6.78. The van der Waals surface area contributed by atoms with Gasteiger partial charge in [0.05, 0.1) is 25.0 Å². The number of amides is 1. The van der Waals surface area contributed by atoms with Gasteiger partial charge in [0.25, 0.3) is 5.56 Å². The third kappa shape index (κ3) is 4.95. The topological polar surface area (TPSA) is 89.3 Å². The predicted octanol–water partition coefficient (Wildman–Crippen LogP) is 3.69. The number of morpholine rings is 1. The van der Waals surface area contributed by atoms with E-state index < -0.39 is 5.82 Å². The number of rotatable bonds is 5. The van der Waals surface area contributed by atoms with Crippen LogP contribution in [0.5, 0.6) is 0 Å². The standard InChI is InChI=1S/C26H28FN5O3/c1-31-24(33)14-22(20-10-11-28-15-21(20)27)30-26(31)32-12-13-35-23(16-32)17-6-8-19(9-7-17)29-25(34)18-4-2-3-5-18/h6-11,14-15,18,23H,2-5,12-13,16H2,1H3,(H,29,34)/t23-/m1/s1. The first-order valence-corrected chi connectivity index (χ1v) is 11.9. The Labute approximate surface area is 202 Å². The maximum absolute atomic E-state index is 14.3. The van der Waals surface area contributed by atoms with Gasteiger partial charge in [0.2, 0.25) is 11.9 Å². The zero-order chi connectivity index (χ0) is 24.4. The number of hydrogen-bond donors (Lipinski definition) is 1. The zero-order valence-electron chi connectivity index (χ0n) is 19.6. The van der Waals surface area contributed by atoms with Crippen molar-refractivity contribution in [2.24, 2.45) is 13.0 Å². The van der Waals surface area contributed by atoms with Crippen LogP contribution in [0.2, 0.25) is 0 Å². The number of nitrogens with zero attached hydrogens (tertiary/aromatic N) is 4. The van der Waals surface area contributed by atoms with Crippen molar-refractivity contribution in [2.75, 3.05) is 29.9 Å². The van der Waals surface area contributed by atoms with Gasteiger partial charge >= 0.3 is 0 Å². The van der Waals surface area contributed by atoms with Crippen LogP contribution < -0.4 is 15.8 Å². The first-order valence-electron chi connectivity index (χ1n) is 11.9. The van der Waals surface area contributed by atoms with Crippen LogP contribution in [0.25, 0.3) is 11.3 Å². The van der Waals surface area contributed by atoms with Gasteiger partial charge in [-0.25, -0.2) is 9.37 Å². The van der Waals surface area contributed by atoms with Crippen molar-refractivity contribution in [1.29, 1.82) is 0 Å². The predicted molar refractivity (Wildman–Crippen MR) is 131 cm³/mol. The van der Waals surface area contributed by atoms with Crippen LogP contribution in [0.1, 0.15) is 37.4 Å². The van der Waals surface area contributed by atoms with Crippen LogP contribution in [-0.2, 0) is 16.6 Å². The fourth-order valence-corrected chi connectivity index (χ4v) is 4.78. The number of carbonyl (C=O) groups is 1. The highest BCUT2D eigenvalue weighted by Gasteiger charge is 2.26. The van der Waals surface area contributed by atoms with Crippen LogP contribution in [0.3, 0.4) is 0 Å². The average Bonchev–Trinajstić information content (AvgIpc) is 3.42. The molecule has 2 aliphatic rings. The Hall–Kier alpha value is -3.59. The normalized spacial score (nSPS) is 18.6. The van der Waals surface area contributed by atoms with Crippen molar-refractivity contribution in [3.05, 3.63) is 70.5 Å². The molecule has 0 unspecified atom stereocenters. The minimum Gasteiger partial charge on any atom is -0.370 e. The Bertz CT molecular complexity index is 1270.